The second-order valence-corrected chi connectivity index (χ2v) is 9.66. The van der Waals surface area contributed by atoms with Gasteiger partial charge in [0.2, 0.25) is 0 Å². The van der Waals surface area contributed by atoms with E-state index in [4.69, 9.17) is 0 Å². The maximum atomic E-state index is 13.3. The first kappa shape index (κ1) is 16.5. The minimum Gasteiger partial charge on any atom is -0.300 e. The van der Waals surface area contributed by atoms with Gasteiger partial charge < -0.3 is 0 Å². The van der Waals surface area contributed by atoms with E-state index < -0.39 is 0 Å². The molecule has 0 aromatic carbocycles. The molecule has 0 saturated heterocycles. The zero-order chi connectivity index (χ0) is 17.3. The summed E-state index contributed by atoms with van der Waals surface area (Å²) in [7, 11) is 0. The van der Waals surface area contributed by atoms with E-state index in [2.05, 4.69) is 13.8 Å². The van der Waals surface area contributed by atoms with Crippen LogP contribution < -0.4 is 0 Å². The van der Waals surface area contributed by atoms with Gasteiger partial charge in [-0.15, -0.1) is 0 Å². The molecule has 4 rings (SSSR count). The van der Waals surface area contributed by atoms with Crippen molar-refractivity contribution in [2.24, 2.45) is 40.4 Å². The number of carbonyl (C=O) groups is 3. The average Bonchev–Trinajstić information content (AvgIpc) is 2.84. The molecule has 4 aliphatic rings. The lowest BCUT2D eigenvalue weighted by Gasteiger charge is -2.59. The second kappa shape index (κ2) is 5.25. The number of carbonyl (C=O) groups excluding carboxylic acids is 3. The molecule has 0 radical (unpaired) electrons. The second-order valence-electron chi connectivity index (χ2n) is 9.66. The van der Waals surface area contributed by atoms with Gasteiger partial charge >= 0.3 is 0 Å². The Kier molecular flexibility index (Phi) is 3.61. The molecule has 0 aromatic heterocycles. The Morgan fingerprint density at radius 1 is 1.04 bits per heavy atom. The van der Waals surface area contributed by atoms with E-state index in [1.165, 1.54) is 0 Å². The van der Waals surface area contributed by atoms with E-state index in [-0.39, 0.29) is 28.4 Å². The Labute approximate surface area is 144 Å². The summed E-state index contributed by atoms with van der Waals surface area (Å²) in [4.78, 5) is 37.4. The summed E-state index contributed by atoms with van der Waals surface area (Å²) in [6, 6.07) is 0. The van der Waals surface area contributed by atoms with Crippen LogP contribution in [0.1, 0.15) is 72.1 Å². The van der Waals surface area contributed by atoms with Gasteiger partial charge in [-0.1, -0.05) is 13.8 Å². The van der Waals surface area contributed by atoms with E-state index in [1.807, 2.05) is 0 Å². The van der Waals surface area contributed by atoms with E-state index in [9.17, 15) is 14.4 Å². The van der Waals surface area contributed by atoms with Gasteiger partial charge in [0.1, 0.15) is 17.3 Å². The van der Waals surface area contributed by atoms with Crippen LogP contribution in [0, 0.1) is 40.4 Å². The van der Waals surface area contributed by atoms with E-state index in [1.54, 1.807) is 6.92 Å². The first-order valence-electron chi connectivity index (χ1n) is 9.82. The first-order valence-corrected chi connectivity index (χ1v) is 9.82. The fraction of sp³-hybridized carbons (Fsp3) is 0.857. The van der Waals surface area contributed by atoms with Crippen molar-refractivity contribution in [3.8, 4) is 0 Å². The third-order valence-electron chi connectivity index (χ3n) is 8.66. The van der Waals surface area contributed by atoms with Crippen molar-refractivity contribution in [1.29, 1.82) is 0 Å². The fourth-order valence-corrected chi connectivity index (χ4v) is 7.53. The zero-order valence-electron chi connectivity index (χ0n) is 15.3. The van der Waals surface area contributed by atoms with Gasteiger partial charge in [0.05, 0.1) is 0 Å². The van der Waals surface area contributed by atoms with E-state index >= 15 is 0 Å². The average molecular weight is 330 g/mol. The van der Waals surface area contributed by atoms with Crippen molar-refractivity contribution in [2.45, 2.75) is 72.1 Å². The Bertz CT molecular complexity index is 608. The molecule has 4 aliphatic carbocycles. The number of fused-ring (bicyclic) bond motifs is 5. The molecule has 0 aromatic rings. The van der Waals surface area contributed by atoms with Crippen LogP contribution >= 0.6 is 0 Å². The largest absolute Gasteiger partial charge is 0.300 e. The summed E-state index contributed by atoms with van der Waals surface area (Å²) in [5, 5.41) is 0. The molecule has 4 fully saturated rings. The van der Waals surface area contributed by atoms with Crippen LogP contribution in [0.3, 0.4) is 0 Å². The van der Waals surface area contributed by atoms with Crippen molar-refractivity contribution < 1.29 is 14.4 Å². The summed E-state index contributed by atoms with van der Waals surface area (Å²) in [5.41, 5.74) is -0.0959. The van der Waals surface area contributed by atoms with Crippen LogP contribution in [-0.2, 0) is 14.4 Å². The van der Waals surface area contributed by atoms with Gasteiger partial charge in [0.25, 0.3) is 0 Å². The Hall–Kier alpha value is -0.990. The van der Waals surface area contributed by atoms with E-state index in [0.717, 1.165) is 32.1 Å². The molecular formula is C21H30O3. The number of hydrogen-bond donors (Lipinski definition) is 0. The molecule has 0 heterocycles. The van der Waals surface area contributed by atoms with Gasteiger partial charge in [0.15, 0.2) is 0 Å². The molecule has 0 amide bonds. The zero-order valence-corrected chi connectivity index (χ0v) is 15.3. The van der Waals surface area contributed by atoms with Crippen molar-refractivity contribution in [2.75, 3.05) is 0 Å². The third-order valence-corrected chi connectivity index (χ3v) is 8.66. The molecule has 0 N–H and O–H groups in total. The van der Waals surface area contributed by atoms with Crippen molar-refractivity contribution in [3.05, 3.63) is 0 Å². The molecular weight excluding hydrogens is 300 g/mol. The van der Waals surface area contributed by atoms with Crippen LogP contribution in [-0.4, -0.2) is 17.3 Å². The standard InChI is InChI=1S/C21H30O3/c1-12(22)16-6-7-17-15-5-4-13-10-14(23)8-9-20(13,2)19(15)18(24)11-21(16,17)3/h13,15-17,19H,4-11H2,1-3H3/t13?,15-,16+,17?,19?,20-,21+/m0/s1. The quantitative estimate of drug-likeness (QED) is 0.730. The molecule has 132 valence electrons. The highest BCUT2D eigenvalue weighted by molar-refractivity contribution is 5.87. The molecule has 7 atom stereocenters. The van der Waals surface area contributed by atoms with Crippen LogP contribution in [0.4, 0.5) is 0 Å². The van der Waals surface area contributed by atoms with Crippen molar-refractivity contribution in [1.82, 2.24) is 0 Å². The van der Waals surface area contributed by atoms with Crippen LogP contribution in [0.5, 0.6) is 0 Å². The highest BCUT2D eigenvalue weighted by Crippen LogP contribution is 2.66. The Morgan fingerprint density at radius 3 is 2.50 bits per heavy atom. The van der Waals surface area contributed by atoms with Gasteiger partial charge in [0, 0.05) is 31.1 Å². The van der Waals surface area contributed by atoms with Gasteiger partial charge in [-0.25, -0.2) is 0 Å². The van der Waals surface area contributed by atoms with Gasteiger partial charge in [-0.3, -0.25) is 14.4 Å². The summed E-state index contributed by atoms with van der Waals surface area (Å²) in [6.45, 7) is 6.21. The highest BCUT2D eigenvalue weighted by atomic mass is 16.1. The Morgan fingerprint density at radius 2 is 1.79 bits per heavy atom. The first-order chi connectivity index (χ1) is 11.3. The lowest BCUT2D eigenvalue weighted by atomic mass is 9.44. The molecule has 0 bridgehead atoms. The third kappa shape index (κ3) is 2.05. The maximum Gasteiger partial charge on any atom is 0.137 e. The fourth-order valence-electron chi connectivity index (χ4n) is 7.53. The Balaban J connectivity index is 1.69. The predicted octanol–water partition coefficient (Wildman–Crippen LogP) is 3.98. The number of rotatable bonds is 1. The summed E-state index contributed by atoms with van der Waals surface area (Å²) < 4.78 is 0. The van der Waals surface area contributed by atoms with Gasteiger partial charge in [-0.05, 0) is 67.6 Å². The molecule has 24 heavy (non-hydrogen) atoms. The summed E-state index contributed by atoms with van der Waals surface area (Å²) in [6.07, 6.45) is 7.05. The topological polar surface area (TPSA) is 51.2 Å². The number of Topliss-reactive ketones (excluding diaryl/α,β-unsaturated/α-hetero) is 3. The SMILES string of the molecule is CC(=O)[C@H]1CCC2[C@@H]3CCC4CC(=O)CC[C@]4(C)C3C(=O)C[C@@]21C. The van der Waals surface area contributed by atoms with E-state index in [0.29, 0.717) is 48.6 Å². The van der Waals surface area contributed by atoms with Crippen LogP contribution in [0.25, 0.3) is 0 Å². The normalized spacial score (nSPS) is 50.9. The summed E-state index contributed by atoms with van der Waals surface area (Å²) >= 11 is 0. The lowest BCUT2D eigenvalue weighted by Crippen LogP contribution is -2.57. The molecule has 3 unspecified atom stereocenters. The lowest BCUT2D eigenvalue weighted by molar-refractivity contribution is -0.161. The predicted molar refractivity (Wildman–Crippen MR) is 91.3 cm³/mol. The van der Waals surface area contributed by atoms with Crippen molar-refractivity contribution in [3.63, 3.8) is 0 Å². The molecule has 4 saturated carbocycles. The number of ketones is 3. The minimum atomic E-state index is -0.113. The van der Waals surface area contributed by atoms with Crippen LogP contribution in [0.15, 0.2) is 0 Å². The minimum absolute atomic E-state index is 0.0174. The monoisotopic (exact) mass is 330 g/mol. The molecule has 0 aliphatic heterocycles. The van der Waals surface area contributed by atoms with Crippen molar-refractivity contribution >= 4 is 17.3 Å². The highest BCUT2D eigenvalue weighted by Gasteiger charge is 2.63. The van der Waals surface area contributed by atoms with Crippen LogP contribution in [0.2, 0.25) is 0 Å². The molecule has 0 spiro atoms. The van der Waals surface area contributed by atoms with Gasteiger partial charge in [-0.2, -0.15) is 0 Å². The summed E-state index contributed by atoms with van der Waals surface area (Å²) in [5.74, 6) is 2.63. The molecule has 3 heteroatoms. The smallest absolute Gasteiger partial charge is 0.137 e. The maximum absolute atomic E-state index is 13.3. The molecule has 3 nitrogen and oxygen atoms in total. The number of hydrogen-bond acceptors (Lipinski definition) is 3.